The highest BCUT2D eigenvalue weighted by Gasteiger charge is 2.34. The van der Waals surface area contributed by atoms with Crippen molar-refractivity contribution in [2.45, 2.75) is 18.6 Å². The summed E-state index contributed by atoms with van der Waals surface area (Å²) in [6, 6.07) is 13.0. The monoisotopic (exact) mass is 373 g/mol. The lowest BCUT2D eigenvalue weighted by atomic mass is 10.00. The van der Waals surface area contributed by atoms with Gasteiger partial charge in [-0.2, -0.15) is 13.2 Å². The third-order valence-electron chi connectivity index (χ3n) is 4.87. The van der Waals surface area contributed by atoms with Crippen LogP contribution in [0.1, 0.15) is 16.8 Å². The molecule has 1 aromatic heterocycles. The van der Waals surface area contributed by atoms with E-state index in [9.17, 15) is 18.0 Å². The lowest BCUT2D eigenvalue weighted by Crippen LogP contribution is -2.39. The average Bonchev–Trinajstić information content (AvgIpc) is 3.05. The molecule has 0 bridgehead atoms. The topological polar surface area (TPSA) is 45.2 Å². The number of rotatable bonds is 3. The van der Waals surface area contributed by atoms with E-state index in [2.05, 4.69) is 10.3 Å². The second-order valence-electron chi connectivity index (χ2n) is 6.85. The second kappa shape index (κ2) is 6.81. The van der Waals surface area contributed by atoms with Gasteiger partial charge in [0.2, 0.25) is 0 Å². The van der Waals surface area contributed by atoms with Gasteiger partial charge in [0.05, 0.1) is 17.6 Å². The van der Waals surface area contributed by atoms with Gasteiger partial charge in [-0.25, -0.2) is 0 Å². The number of fused-ring (bicyclic) bond motifs is 3. The fourth-order valence-corrected chi connectivity index (χ4v) is 3.71. The Morgan fingerprint density at radius 1 is 1.19 bits per heavy atom. The molecular formula is C20H18F3N3O. The Kier molecular flexibility index (Phi) is 4.47. The number of aromatic nitrogens is 1. The number of nitrogens with zero attached hydrogens (tertiary/aromatic N) is 2. The van der Waals surface area contributed by atoms with Gasteiger partial charge in [-0.1, -0.05) is 30.3 Å². The highest BCUT2D eigenvalue weighted by molar-refractivity contribution is 6.15. The number of alkyl halides is 3. The second-order valence-corrected chi connectivity index (χ2v) is 6.85. The molecule has 0 unspecified atom stereocenters. The molecule has 0 aliphatic carbocycles. The molecule has 1 N–H and O–H groups in total. The average molecular weight is 373 g/mol. The minimum atomic E-state index is -4.22. The number of benzene rings is 2. The zero-order valence-electron chi connectivity index (χ0n) is 14.5. The van der Waals surface area contributed by atoms with E-state index < -0.39 is 12.7 Å². The van der Waals surface area contributed by atoms with E-state index in [1.54, 1.807) is 12.3 Å². The van der Waals surface area contributed by atoms with Gasteiger partial charge in [-0.3, -0.25) is 14.7 Å². The summed E-state index contributed by atoms with van der Waals surface area (Å²) in [5.41, 5.74) is 1.04. The molecule has 27 heavy (non-hydrogen) atoms. The number of pyridine rings is 1. The number of amides is 1. The van der Waals surface area contributed by atoms with Crippen molar-refractivity contribution < 1.29 is 18.0 Å². The van der Waals surface area contributed by atoms with Crippen LogP contribution in [0.15, 0.2) is 48.7 Å². The van der Waals surface area contributed by atoms with Crippen LogP contribution in [0.3, 0.4) is 0 Å². The summed E-state index contributed by atoms with van der Waals surface area (Å²) in [7, 11) is 0. The maximum Gasteiger partial charge on any atom is 0.401 e. The summed E-state index contributed by atoms with van der Waals surface area (Å²) in [5.74, 6) is -0.302. The maximum absolute atomic E-state index is 12.9. The molecule has 140 valence electrons. The zero-order chi connectivity index (χ0) is 19.0. The van der Waals surface area contributed by atoms with Crippen LogP contribution < -0.4 is 5.32 Å². The first-order chi connectivity index (χ1) is 12.9. The minimum absolute atomic E-state index is 0.199. The number of carbonyl (C=O) groups is 1. The van der Waals surface area contributed by atoms with E-state index in [4.69, 9.17) is 0 Å². The third kappa shape index (κ3) is 3.73. The van der Waals surface area contributed by atoms with Crippen molar-refractivity contribution in [2.75, 3.05) is 19.6 Å². The van der Waals surface area contributed by atoms with Crippen LogP contribution in [0.5, 0.6) is 0 Å². The van der Waals surface area contributed by atoms with Gasteiger partial charge in [-0.15, -0.1) is 0 Å². The van der Waals surface area contributed by atoms with Crippen molar-refractivity contribution in [1.82, 2.24) is 15.2 Å². The Hall–Kier alpha value is -2.67. The normalized spacial score (nSPS) is 18.3. The van der Waals surface area contributed by atoms with Crippen LogP contribution in [0, 0.1) is 0 Å². The van der Waals surface area contributed by atoms with E-state index in [0.717, 1.165) is 16.2 Å². The Bertz CT molecular complexity index is 1000. The van der Waals surface area contributed by atoms with Crippen molar-refractivity contribution in [3.05, 3.63) is 54.2 Å². The molecule has 1 aliphatic rings. The van der Waals surface area contributed by atoms with Crippen LogP contribution in [-0.2, 0) is 0 Å². The summed E-state index contributed by atoms with van der Waals surface area (Å²) in [6.07, 6.45) is -2.09. The first-order valence-corrected chi connectivity index (χ1v) is 8.77. The van der Waals surface area contributed by atoms with Gasteiger partial charge < -0.3 is 5.32 Å². The zero-order valence-corrected chi connectivity index (χ0v) is 14.5. The molecule has 4 rings (SSSR count). The summed E-state index contributed by atoms with van der Waals surface area (Å²) >= 11 is 0. The highest BCUT2D eigenvalue weighted by atomic mass is 19.4. The molecule has 1 fully saturated rings. The van der Waals surface area contributed by atoms with Crippen molar-refractivity contribution in [3.63, 3.8) is 0 Å². The maximum atomic E-state index is 12.9. The molecule has 7 heteroatoms. The number of carbonyl (C=O) groups excluding carboxylic acids is 1. The molecule has 1 amide bonds. The van der Waals surface area contributed by atoms with E-state index in [1.807, 2.05) is 36.4 Å². The third-order valence-corrected chi connectivity index (χ3v) is 4.87. The number of halogens is 3. The minimum Gasteiger partial charge on any atom is -0.348 e. The quantitative estimate of drug-likeness (QED) is 0.711. The summed E-state index contributed by atoms with van der Waals surface area (Å²) < 4.78 is 37.6. The Morgan fingerprint density at radius 2 is 1.96 bits per heavy atom. The molecule has 1 atom stereocenters. The van der Waals surface area contributed by atoms with Crippen LogP contribution >= 0.6 is 0 Å². The number of hydrogen-bond acceptors (Lipinski definition) is 3. The molecule has 0 saturated carbocycles. The van der Waals surface area contributed by atoms with E-state index in [1.165, 1.54) is 4.90 Å². The van der Waals surface area contributed by atoms with Crippen molar-refractivity contribution >= 4 is 27.6 Å². The lowest BCUT2D eigenvalue weighted by Gasteiger charge is -2.18. The number of nitrogens with one attached hydrogen (secondary N) is 1. The van der Waals surface area contributed by atoms with Crippen LogP contribution in [-0.4, -0.2) is 47.6 Å². The lowest BCUT2D eigenvalue weighted by molar-refractivity contribution is -0.143. The fourth-order valence-electron chi connectivity index (χ4n) is 3.71. The molecule has 0 spiro atoms. The van der Waals surface area contributed by atoms with Gasteiger partial charge in [0.1, 0.15) is 0 Å². The molecule has 1 aliphatic heterocycles. The molecule has 2 heterocycles. The summed E-state index contributed by atoms with van der Waals surface area (Å²) in [6.45, 7) is -0.425. The SMILES string of the molecule is O=C(N[C@@H]1CCN(CC(F)(F)F)C1)c1cc2ccccc2c2cccnc12. The van der Waals surface area contributed by atoms with Gasteiger partial charge >= 0.3 is 6.18 Å². The van der Waals surface area contributed by atoms with Crippen LogP contribution in [0.4, 0.5) is 13.2 Å². The first-order valence-electron chi connectivity index (χ1n) is 8.77. The molecule has 4 nitrogen and oxygen atoms in total. The van der Waals surface area contributed by atoms with E-state index in [0.29, 0.717) is 24.0 Å². The van der Waals surface area contributed by atoms with E-state index >= 15 is 0 Å². The smallest absolute Gasteiger partial charge is 0.348 e. The first kappa shape index (κ1) is 17.7. The predicted octanol–water partition coefficient (Wildman–Crippen LogP) is 3.75. The Morgan fingerprint density at radius 3 is 2.78 bits per heavy atom. The summed E-state index contributed by atoms with van der Waals surface area (Å²) in [4.78, 5) is 18.5. The van der Waals surface area contributed by atoms with E-state index in [-0.39, 0.29) is 18.5 Å². The van der Waals surface area contributed by atoms with Crippen LogP contribution in [0.2, 0.25) is 0 Å². The number of hydrogen-bond donors (Lipinski definition) is 1. The Balaban J connectivity index is 1.60. The fraction of sp³-hybridized carbons (Fsp3) is 0.300. The van der Waals surface area contributed by atoms with Crippen molar-refractivity contribution in [2.24, 2.45) is 0 Å². The van der Waals surface area contributed by atoms with Gasteiger partial charge in [0.25, 0.3) is 5.91 Å². The van der Waals surface area contributed by atoms with Gasteiger partial charge in [0.15, 0.2) is 0 Å². The van der Waals surface area contributed by atoms with Crippen molar-refractivity contribution in [3.8, 4) is 0 Å². The molecule has 3 aromatic rings. The highest BCUT2D eigenvalue weighted by Crippen LogP contribution is 2.27. The number of likely N-dealkylation sites (tertiary alicyclic amines) is 1. The standard InChI is InChI=1S/C20H18F3N3O/c21-20(22,23)12-26-9-7-14(11-26)25-19(27)17-10-13-4-1-2-5-15(13)16-6-3-8-24-18(16)17/h1-6,8,10,14H,7,9,11-12H2,(H,25,27)/t14-/m1/s1. The molecule has 0 radical (unpaired) electrons. The molecular weight excluding hydrogens is 355 g/mol. The van der Waals surface area contributed by atoms with Crippen LogP contribution in [0.25, 0.3) is 21.7 Å². The molecule has 1 saturated heterocycles. The molecule has 2 aromatic carbocycles. The predicted molar refractivity (Wildman–Crippen MR) is 97.6 cm³/mol. The Labute approximate surface area is 154 Å². The van der Waals surface area contributed by atoms with Crippen molar-refractivity contribution in [1.29, 1.82) is 0 Å². The van der Waals surface area contributed by atoms with Gasteiger partial charge in [0, 0.05) is 30.7 Å². The largest absolute Gasteiger partial charge is 0.401 e. The summed E-state index contributed by atoms with van der Waals surface area (Å²) in [5, 5.41) is 5.69. The van der Waals surface area contributed by atoms with Gasteiger partial charge in [-0.05, 0) is 29.3 Å².